The molecule has 0 saturated carbocycles. The van der Waals surface area contributed by atoms with E-state index in [1.54, 1.807) is 0 Å². The van der Waals surface area contributed by atoms with Gasteiger partial charge in [-0.15, -0.1) is 0 Å². The van der Waals surface area contributed by atoms with Crippen LogP contribution in [0.5, 0.6) is 0 Å². The number of hydrogen-bond acceptors (Lipinski definition) is 7. The molecule has 2 aliphatic rings. The summed E-state index contributed by atoms with van der Waals surface area (Å²) in [6, 6.07) is 1.09. The zero-order chi connectivity index (χ0) is 14.5. The van der Waals surface area contributed by atoms with Crippen LogP contribution in [0.2, 0.25) is 0 Å². The van der Waals surface area contributed by atoms with Crippen molar-refractivity contribution in [1.29, 1.82) is 0 Å². The molecule has 5 atom stereocenters. The Hall–Kier alpha value is -0.290. The molecule has 0 bridgehead atoms. The zero-order valence-corrected chi connectivity index (χ0v) is 13.8. The number of phosphoric acid groups is 1. The molecule has 12 heteroatoms. The Labute approximate surface area is 139 Å². The van der Waals surface area contributed by atoms with Crippen LogP contribution in [0.4, 0.5) is 0 Å². The van der Waals surface area contributed by atoms with E-state index in [2.05, 4.69) is 4.52 Å². The number of phosphoric ester groups is 1. The third-order valence-corrected chi connectivity index (χ3v) is 4.08. The molecule has 1 aromatic heterocycles. The normalized spacial score (nSPS) is 38.6. The largest absolute Gasteiger partial charge is 0.472 e. The Bertz CT molecular complexity index is 689. The van der Waals surface area contributed by atoms with Gasteiger partial charge in [0.15, 0.2) is 6.23 Å². The van der Waals surface area contributed by atoms with Gasteiger partial charge >= 0.3 is 13.5 Å². The maximum atomic E-state index is 11.6. The molecule has 0 spiro atoms. The average Bonchev–Trinajstić information content (AvgIpc) is 2.66. The van der Waals surface area contributed by atoms with Crippen LogP contribution >= 0.6 is 7.82 Å². The average molecular weight is 329 g/mol. The number of aliphatic hydroxyl groups is 1. The standard InChI is InChI=1S/C9H11N2O8P.Na/c12-5-1-2-11(9(14)10-5)8-6(13)7-4(18-8)3-17-20(15,16)19-7;/h1-2,4,6-8,13H,3H2,(H,15,16)(H,10,12,14);. The minimum Gasteiger partial charge on any atom is -0.386 e. The Balaban J connectivity index is 0.00000161. The molecular weight excluding hydrogens is 318 g/mol. The van der Waals surface area contributed by atoms with Crippen LogP contribution in [0.15, 0.2) is 21.9 Å². The van der Waals surface area contributed by atoms with E-state index in [0.717, 1.165) is 16.8 Å². The van der Waals surface area contributed by atoms with E-state index in [1.165, 1.54) is 0 Å². The number of nitrogens with one attached hydrogen (secondary N) is 1. The fourth-order valence-electron chi connectivity index (χ4n) is 2.19. The summed E-state index contributed by atoms with van der Waals surface area (Å²) in [5.74, 6) is 0. The van der Waals surface area contributed by atoms with Gasteiger partial charge in [-0.2, -0.15) is 0 Å². The van der Waals surface area contributed by atoms with Gasteiger partial charge in [-0.05, 0) is 0 Å². The Morgan fingerprint density at radius 3 is 2.81 bits per heavy atom. The van der Waals surface area contributed by atoms with E-state index >= 15 is 0 Å². The Morgan fingerprint density at radius 2 is 2.14 bits per heavy atom. The number of nitrogens with zero attached hydrogens (tertiary/aromatic N) is 1. The van der Waals surface area contributed by atoms with Gasteiger partial charge in [0.25, 0.3) is 5.56 Å². The quantitative estimate of drug-likeness (QED) is 0.394. The van der Waals surface area contributed by atoms with E-state index in [0.29, 0.717) is 0 Å². The summed E-state index contributed by atoms with van der Waals surface area (Å²) >= 11 is 0. The molecule has 0 amide bonds. The SMILES string of the molecule is O=c1ccn(C2OC3COP(=O)(O)OC3C2O)c(=O)[nH]1.[Na]. The van der Waals surface area contributed by atoms with E-state index in [1.807, 2.05) is 4.98 Å². The molecule has 21 heavy (non-hydrogen) atoms. The van der Waals surface area contributed by atoms with Gasteiger partial charge in [-0.3, -0.25) is 23.4 Å². The minimum atomic E-state index is -4.22. The first kappa shape index (κ1) is 17.1. The molecule has 10 nitrogen and oxygen atoms in total. The predicted molar refractivity (Wildman–Crippen MR) is 67.6 cm³/mol. The van der Waals surface area contributed by atoms with E-state index in [9.17, 15) is 24.2 Å². The van der Waals surface area contributed by atoms with Gasteiger partial charge in [-0.25, -0.2) is 9.36 Å². The predicted octanol–water partition coefficient (Wildman–Crippen LogP) is -2.07. The molecular formula is C9H11N2NaO8P. The topological polar surface area (TPSA) is 140 Å². The van der Waals surface area contributed by atoms with E-state index < -0.39 is 43.6 Å². The summed E-state index contributed by atoms with van der Waals surface area (Å²) < 4.78 is 27.0. The molecule has 1 aromatic rings. The smallest absolute Gasteiger partial charge is 0.386 e. The first-order valence-electron chi connectivity index (χ1n) is 5.68. The third kappa shape index (κ3) is 3.24. The summed E-state index contributed by atoms with van der Waals surface area (Å²) in [7, 11) is -4.22. The fraction of sp³-hybridized carbons (Fsp3) is 0.556. The second kappa shape index (κ2) is 6.07. The van der Waals surface area contributed by atoms with Gasteiger partial charge in [0, 0.05) is 41.8 Å². The molecule has 2 fully saturated rings. The van der Waals surface area contributed by atoms with Crippen molar-refractivity contribution in [3.63, 3.8) is 0 Å². The van der Waals surface area contributed by atoms with Gasteiger partial charge in [-0.1, -0.05) is 0 Å². The first-order chi connectivity index (χ1) is 9.37. The fourth-order valence-corrected chi connectivity index (χ4v) is 3.16. The molecule has 111 valence electrons. The van der Waals surface area contributed by atoms with Crippen molar-refractivity contribution in [1.82, 2.24) is 9.55 Å². The van der Waals surface area contributed by atoms with Crippen LogP contribution in [-0.4, -0.2) is 74.0 Å². The summed E-state index contributed by atoms with van der Waals surface area (Å²) in [5.41, 5.74) is -1.36. The van der Waals surface area contributed by atoms with Crippen molar-refractivity contribution in [3.8, 4) is 0 Å². The summed E-state index contributed by atoms with van der Waals surface area (Å²) in [5, 5.41) is 10.1. The molecule has 2 saturated heterocycles. The number of aromatic amines is 1. The van der Waals surface area contributed by atoms with Crippen LogP contribution in [0.3, 0.4) is 0 Å². The molecule has 3 N–H and O–H groups in total. The van der Waals surface area contributed by atoms with Crippen LogP contribution < -0.4 is 11.2 Å². The van der Waals surface area contributed by atoms with Crippen molar-refractivity contribution in [2.24, 2.45) is 0 Å². The van der Waals surface area contributed by atoms with Crippen LogP contribution in [0, 0.1) is 0 Å². The molecule has 1 radical (unpaired) electrons. The van der Waals surface area contributed by atoms with Gasteiger partial charge in [0.2, 0.25) is 0 Å². The molecule has 0 aromatic carbocycles. The molecule has 5 unspecified atom stereocenters. The first-order valence-corrected chi connectivity index (χ1v) is 7.18. The Morgan fingerprint density at radius 1 is 1.43 bits per heavy atom. The summed E-state index contributed by atoms with van der Waals surface area (Å²) in [6.45, 7) is -0.246. The number of aliphatic hydroxyl groups excluding tert-OH is 1. The van der Waals surface area contributed by atoms with Gasteiger partial charge in [0.05, 0.1) is 6.61 Å². The minimum absolute atomic E-state index is 0. The number of ether oxygens (including phenoxy) is 1. The molecule has 3 heterocycles. The van der Waals surface area contributed by atoms with Crippen molar-refractivity contribution >= 4 is 37.4 Å². The van der Waals surface area contributed by atoms with Crippen LogP contribution in [0.1, 0.15) is 6.23 Å². The van der Waals surface area contributed by atoms with Crippen molar-refractivity contribution in [2.75, 3.05) is 6.61 Å². The summed E-state index contributed by atoms with van der Waals surface area (Å²) in [6.07, 6.45) is -3.22. The maximum Gasteiger partial charge on any atom is 0.472 e. The van der Waals surface area contributed by atoms with Crippen LogP contribution in [-0.2, 0) is 18.3 Å². The second-order valence-electron chi connectivity index (χ2n) is 4.41. The number of rotatable bonds is 1. The maximum absolute atomic E-state index is 11.6. The van der Waals surface area contributed by atoms with Crippen molar-refractivity contribution < 1.29 is 28.3 Å². The Kier molecular flexibility index (Phi) is 4.94. The molecule has 0 aliphatic carbocycles. The van der Waals surface area contributed by atoms with E-state index in [4.69, 9.17) is 9.26 Å². The summed E-state index contributed by atoms with van der Waals surface area (Å²) in [4.78, 5) is 33.9. The number of hydrogen-bond donors (Lipinski definition) is 3. The third-order valence-electron chi connectivity index (χ3n) is 3.09. The number of aromatic nitrogens is 2. The van der Waals surface area contributed by atoms with E-state index in [-0.39, 0.29) is 36.2 Å². The molecule has 2 aliphatic heterocycles. The number of fused-ring (bicyclic) bond motifs is 1. The zero-order valence-electron chi connectivity index (χ0n) is 10.9. The second-order valence-corrected chi connectivity index (χ2v) is 5.81. The number of H-pyrrole nitrogens is 1. The monoisotopic (exact) mass is 329 g/mol. The van der Waals surface area contributed by atoms with Crippen molar-refractivity contribution in [3.05, 3.63) is 33.1 Å². The molecule has 3 rings (SSSR count). The van der Waals surface area contributed by atoms with Crippen molar-refractivity contribution in [2.45, 2.75) is 24.5 Å². The van der Waals surface area contributed by atoms with Crippen LogP contribution in [0.25, 0.3) is 0 Å². The van der Waals surface area contributed by atoms with Gasteiger partial charge in [0.1, 0.15) is 18.3 Å². The van der Waals surface area contributed by atoms with Gasteiger partial charge < -0.3 is 14.7 Å².